The highest BCUT2D eigenvalue weighted by molar-refractivity contribution is 7.92. The van der Waals surface area contributed by atoms with Crippen molar-refractivity contribution in [3.05, 3.63) is 57.8 Å². The first-order chi connectivity index (χ1) is 9.83. The maximum atomic E-state index is 13.1. The van der Waals surface area contributed by atoms with Crippen molar-refractivity contribution in [1.82, 2.24) is 0 Å². The number of rotatable bonds is 4. The third kappa shape index (κ3) is 3.65. The minimum absolute atomic E-state index is 0.0313. The molecule has 21 heavy (non-hydrogen) atoms. The molecule has 0 spiro atoms. The fourth-order valence-electron chi connectivity index (χ4n) is 1.61. The molecule has 0 aliphatic heterocycles. The molecule has 0 unspecified atom stereocenters. The average molecular weight is 350 g/mol. The van der Waals surface area contributed by atoms with Crippen LogP contribution in [0.2, 0.25) is 10.0 Å². The highest BCUT2D eigenvalue weighted by Gasteiger charge is 2.18. The van der Waals surface area contributed by atoms with Crippen LogP contribution < -0.4 is 4.72 Å². The van der Waals surface area contributed by atoms with E-state index in [4.69, 9.17) is 28.3 Å². The van der Waals surface area contributed by atoms with Gasteiger partial charge in [-0.2, -0.15) is 0 Å². The summed E-state index contributed by atoms with van der Waals surface area (Å²) in [5.74, 6) is -0.666. The van der Waals surface area contributed by atoms with Gasteiger partial charge in [0.2, 0.25) is 0 Å². The smallest absolute Gasteiger partial charge is 0.261 e. The Morgan fingerprint density at radius 3 is 2.10 bits per heavy atom. The molecule has 0 aromatic heterocycles. The van der Waals surface area contributed by atoms with Crippen molar-refractivity contribution in [2.75, 3.05) is 4.72 Å². The second-order valence-corrected chi connectivity index (χ2v) is 6.65. The lowest BCUT2D eigenvalue weighted by Crippen LogP contribution is -2.13. The number of sulfonamides is 1. The van der Waals surface area contributed by atoms with Gasteiger partial charge in [0.15, 0.2) is 0 Å². The summed E-state index contributed by atoms with van der Waals surface area (Å²) in [6.07, 6.45) is 0. The van der Waals surface area contributed by atoms with Crippen LogP contribution in [0.4, 0.5) is 10.1 Å². The van der Waals surface area contributed by atoms with Gasteiger partial charge in [-0.1, -0.05) is 35.3 Å². The summed E-state index contributed by atoms with van der Waals surface area (Å²) in [4.78, 5) is -0.0313. The molecule has 0 heterocycles. The van der Waals surface area contributed by atoms with Gasteiger partial charge in [-0.25, -0.2) is 12.8 Å². The molecule has 8 heteroatoms. The second kappa shape index (κ2) is 6.19. The average Bonchev–Trinajstić information content (AvgIpc) is 2.43. The number of hydrogen-bond acceptors (Lipinski definition) is 3. The Hall–Kier alpha value is -1.34. The van der Waals surface area contributed by atoms with E-state index in [-0.39, 0.29) is 27.2 Å². The maximum Gasteiger partial charge on any atom is 0.261 e. The van der Waals surface area contributed by atoms with Crippen molar-refractivity contribution in [2.45, 2.75) is 11.5 Å². The third-order valence-electron chi connectivity index (χ3n) is 2.66. The summed E-state index contributed by atoms with van der Waals surface area (Å²) in [7, 11) is -3.92. The molecule has 0 aliphatic rings. The van der Waals surface area contributed by atoms with Gasteiger partial charge in [0.1, 0.15) is 5.82 Å². The molecule has 0 fully saturated rings. The Morgan fingerprint density at radius 2 is 1.62 bits per heavy atom. The molecule has 0 atom stereocenters. The SMILES string of the molecule is O=S(=O)(Nc1c(Cl)cc(F)cc1Cl)c1ccc(CO)cc1. The molecule has 4 nitrogen and oxygen atoms in total. The largest absolute Gasteiger partial charge is 0.392 e. The zero-order valence-electron chi connectivity index (χ0n) is 10.5. The van der Waals surface area contributed by atoms with Crippen LogP contribution in [0, 0.1) is 5.82 Å². The molecule has 0 bridgehead atoms. The van der Waals surface area contributed by atoms with Crippen LogP contribution >= 0.6 is 23.2 Å². The second-order valence-electron chi connectivity index (χ2n) is 4.15. The van der Waals surface area contributed by atoms with E-state index in [1.165, 1.54) is 24.3 Å². The molecular formula is C13H10Cl2FNO3S. The number of halogens is 3. The first kappa shape index (κ1) is 16.0. The molecular weight excluding hydrogens is 340 g/mol. The summed E-state index contributed by atoms with van der Waals surface area (Å²) < 4.78 is 39.7. The molecule has 0 aliphatic carbocycles. The summed E-state index contributed by atoms with van der Waals surface area (Å²) in [5, 5.41) is 8.64. The van der Waals surface area contributed by atoms with Crippen LogP contribution in [0.5, 0.6) is 0 Å². The predicted octanol–water partition coefficient (Wildman–Crippen LogP) is 3.43. The molecule has 0 amide bonds. The Bertz CT molecular complexity index is 740. The number of aliphatic hydroxyl groups excluding tert-OH is 1. The molecule has 0 saturated heterocycles. The number of aliphatic hydroxyl groups is 1. The van der Waals surface area contributed by atoms with E-state index < -0.39 is 15.8 Å². The zero-order valence-corrected chi connectivity index (χ0v) is 12.8. The van der Waals surface area contributed by atoms with E-state index in [0.29, 0.717) is 5.56 Å². The van der Waals surface area contributed by atoms with Crippen LogP contribution in [0.15, 0.2) is 41.3 Å². The van der Waals surface area contributed by atoms with E-state index >= 15 is 0 Å². The van der Waals surface area contributed by atoms with Gasteiger partial charge >= 0.3 is 0 Å². The molecule has 0 radical (unpaired) electrons. The van der Waals surface area contributed by atoms with E-state index in [1.54, 1.807) is 0 Å². The summed E-state index contributed by atoms with van der Waals surface area (Å²) in [6, 6.07) is 7.53. The van der Waals surface area contributed by atoms with Gasteiger partial charge in [-0.15, -0.1) is 0 Å². The number of benzene rings is 2. The fourth-order valence-corrected chi connectivity index (χ4v) is 3.37. The van der Waals surface area contributed by atoms with Gasteiger partial charge in [-0.05, 0) is 29.8 Å². The number of anilines is 1. The van der Waals surface area contributed by atoms with Crippen LogP contribution in [0.25, 0.3) is 0 Å². The Labute approximate surface area is 131 Å². The van der Waals surface area contributed by atoms with Crippen molar-refractivity contribution in [3.63, 3.8) is 0 Å². The van der Waals surface area contributed by atoms with E-state index in [9.17, 15) is 12.8 Å². The van der Waals surface area contributed by atoms with Gasteiger partial charge in [0.05, 0.1) is 27.2 Å². The number of nitrogens with one attached hydrogen (secondary N) is 1. The third-order valence-corrected chi connectivity index (χ3v) is 4.62. The maximum absolute atomic E-state index is 13.1. The van der Waals surface area contributed by atoms with Crippen molar-refractivity contribution in [3.8, 4) is 0 Å². The molecule has 2 aromatic carbocycles. The monoisotopic (exact) mass is 349 g/mol. The van der Waals surface area contributed by atoms with Crippen LogP contribution in [0.3, 0.4) is 0 Å². The lowest BCUT2D eigenvalue weighted by atomic mass is 10.2. The lowest BCUT2D eigenvalue weighted by Gasteiger charge is -2.11. The minimum atomic E-state index is -3.92. The van der Waals surface area contributed by atoms with Crippen molar-refractivity contribution >= 4 is 38.9 Å². The van der Waals surface area contributed by atoms with Crippen molar-refractivity contribution in [2.24, 2.45) is 0 Å². The van der Waals surface area contributed by atoms with Crippen molar-refractivity contribution in [1.29, 1.82) is 0 Å². The quantitative estimate of drug-likeness (QED) is 0.888. The molecule has 2 N–H and O–H groups in total. The Morgan fingerprint density at radius 1 is 1.10 bits per heavy atom. The highest BCUT2D eigenvalue weighted by Crippen LogP contribution is 2.33. The normalized spacial score (nSPS) is 11.4. The molecule has 2 rings (SSSR count). The predicted molar refractivity (Wildman–Crippen MR) is 79.6 cm³/mol. The van der Waals surface area contributed by atoms with Gasteiger partial charge in [0.25, 0.3) is 10.0 Å². The first-order valence-electron chi connectivity index (χ1n) is 5.70. The summed E-state index contributed by atoms with van der Waals surface area (Å²) >= 11 is 11.6. The van der Waals surface area contributed by atoms with E-state index in [2.05, 4.69) is 4.72 Å². The van der Waals surface area contributed by atoms with Crippen LogP contribution in [-0.4, -0.2) is 13.5 Å². The van der Waals surface area contributed by atoms with Gasteiger partial charge in [-0.3, -0.25) is 4.72 Å². The molecule has 2 aromatic rings. The van der Waals surface area contributed by atoms with Crippen molar-refractivity contribution < 1.29 is 17.9 Å². The minimum Gasteiger partial charge on any atom is -0.392 e. The standard InChI is InChI=1S/C13H10Cl2FNO3S/c14-11-5-9(16)6-12(15)13(11)17-21(19,20)10-3-1-8(7-18)2-4-10/h1-6,17-18H,7H2. The topological polar surface area (TPSA) is 66.4 Å². The Kier molecular flexibility index (Phi) is 4.73. The molecule has 112 valence electrons. The summed E-state index contributed by atoms with van der Waals surface area (Å²) in [5.41, 5.74) is 0.484. The lowest BCUT2D eigenvalue weighted by molar-refractivity contribution is 0.282. The Balaban J connectivity index is 2.37. The zero-order chi connectivity index (χ0) is 15.6. The van der Waals surface area contributed by atoms with E-state index in [1.807, 2.05) is 0 Å². The van der Waals surface area contributed by atoms with Gasteiger partial charge < -0.3 is 5.11 Å². The van der Waals surface area contributed by atoms with Gasteiger partial charge in [0, 0.05) is 0 Å². The first-order valence-corrected chi connectivity index (χ1v) is 7.94. The molecule has 0 saturated carbocycles. The van der Waals surface area contributed by atoms with Crippen LogP contribution in [0.1, 0.15) is 5.56 Å². The fraction of sp³-hybridized carbons (Fsp3) is 0.0769. The number of hydrogen-bond donors (Lipinski definition) is 2. The van der Waals surface area contributed by atoms with E-state index in [0.717, 1.165) is 12.1 Å². The van der Waals surface area contributed by atoms with Crippen LogP contribution in [-0.2, 0) is 16.6 Å². The summed E-state index contributed by atoms with van der Waals surface area (Å²) in [6.45, 7) is -0.191. The highest BCUT2D eigenvalue weighted by atomic mass is 35.5.